The molecule has 0 aliphatic carbocycles. The second-order valence-corrected chi connectivity index (χ2v) is 3.17. The predicted molar refractivity (Wildman–Crippen MR) is 42.9 cm³/mol. The van der Waals surface area contributed by atoms with Gasteiger partial charge in [-0.1, -0.05) is 0 Å². The van der Waals surface area contributed by atoms with Gasteiger partial charge in [0.15, 0.2) is 0 Å². The van der Waals surface area contributed by atoms with E-state index in [0.717, 1.165) is 19.4 Å². The van der Waals surface area contributed by atoms with Crippen LogP contribution in [0.4, 0.5) is 0 Å². The fourth-order valence-corrected chi connectivity index (χ4v) is 1.42. The number of rotatable bonds is 3. The average Bonchev–Trinajstić information content (AvgIpc) is 2.06. The van der Waals surface area contributed by atoms with Gasteiger partial charge in [-0.25, -0.2) is 5.90 Å². The van der Waals surface area contributed by atoms with Crippen LogP contribution in [-0.4, -0.2) is 18.8 Å². The van der Waals surface area contributed by atoms with Crippen LogP contribution in [-0.2, 0) is 9.57 Å². The maximum Gasteiger partial charge on any atom is 0.0784 e. The summed E-state index contributed by atoms with van der Waals surface area (Å²) in [4.78, 5) is 4.67. The summed E-state index contributed by atoms with van der Waals surface area (Å²) in [5.41, 5.74) is 0. The van der Waals surface area contributed by atoms with Crippen LogP contribution >= 0.6 is 0 Å². The zero-order chi connectivity index (χ0) is 8.10. The van der Waals surface area contributed by atoms with E-state index in [2.05, 4.69) is 4.84 Å². The van der Waals surface area contributed by atoms with Crippen LogP contribution in [0.5, 0.6) is 0 Å². The summed E-state index contributed by atoms with van der Waals surface area (Å²) in [7, 11) is 0. The molecule has 0 aromatic heterocycles. The van der Waals surface area contributed by atoms with Crippen molar-refractivity contribution in [2.24, 2.45) is 5.90 Å². The van der Waals surface area contributed by atoms with Crippen molar-refractivity contribution in [3.8, 4) is 0 Å². The van der Waals surface area contributed by atoms with Gasteiger partial charge in [0.25, 0.3) is 0 Å². The third kappa shape index (κ3) is 3.18. The van der Waals surface area contributed by atoms with Gasteiger partial charge in [0.05, 0.1) is 12.2 Å². The predicted octanol–water partition coefficient (Wildman–Crippen LogP) is 1.22. The van der Waals surface area contributed by atoms with E-state index in [-0.39, 0.29) is 6.10 Å². The van der Waals surface area contributed by atoms with Gasteiger partial charge in [0.2, 0.25) is 0 Å². The fraction of sp³-hybridized carbons (Fsp3) is 1.00. The van der Waals surface area contributed by atoms with E-state index < -0.39 is 0 Å². The van der Waals surface area contributed by atoms with Crippen molar-refractivity contribution in [1.82, 2.24) is 0 Å². The molecule has 0 saturated carbocycles. The highest BCUT2D eigenvalue weighted by Crippen LogP contribution is 2.17. The van der Waals surface area contributed by atoms with Crippen molar-refractivity contribution in [1.29, 1.82) is 0 Å². The molecule has 1 heterocycles. The summed E-state index contributed by atoms with van der Waals surface area (Å²) in [6.07, 6.45) is 5.07. The first kappa shape index (κ1) is 8.97. The topological polar surface area (TPSA) is 44.5 Å². The average molecular weight is 159 g/mol. The molecular weight excluding hydrogens is 142 g/mol. The highest BCUT2D eigenvalue weighted by molar-refractivity contribution is 4.66. The Morgan fingerprint density at radius 2 is 2.45 bits per heavy atom. The van der Waals surface area contributed by atoms with Gasteiger partial charge < -0.3 is 9.57 Å². The molecule has 0 amide bonds. The summed E-state index contributed by atoms with van der Waals surface area (Å²) in [5.74, 6) is 5.03. The summed E-state index contributed by atoms with van der Waals surface area (Å²) in [6, 6.07) is 0. The Morgan fingerprint density at radius 3 is 3.00 bits per heavy atom. The van der Waals surface area contributed by atoms with Gasteiger partial charge in [-0.15, -0.1) is 0 Å². The second-order valence-electron chi connectivity index (χ2n) is 3.17. The molecule has 1 rings (SSSR count). The zero-order valence-electron chi connectivity index (χ0n) is 7.08. The van der Waals surface area contributed by atoms with Crippen LogP contribution in [0.25, 0.3) is 0 Å². The number of hydrogen-bond donors (Lipinski definition) is 1. The summed E-state index contributed by atoms with van der Waals surface area (Å²) < 4.78 is 5.51. The molecule has 0 spiro atoms. The molecule has 1 saturated heterocycles. The Balaban J connectivity index is 2.13. The maximum absolute atomic E-state index is 5.51. The molecule has 0 bridgehead atoms. The van der Waals surface area contributed by atoms with Crippen LogP contribution in [0.15, 0.2) is 0 Å². The van der Waals surface area contributed by atoms with E-state index in [1.807, 2.05) is 6.92 Å². The van der Waals surface area contributed by atoms with Crippen LogP contribution < -0.4 is 5.90 Å². The first-order valence-electron chi connectivity index (χ1n) is 4.30. The molecule has 0 aromatic carbocycles. The van der Waals surface area contributed by atoms with Gasteiger partial charge >= 0.3 is 0 Å². The van der Waals surface area contributed by atoms with Crippen LogP contribution in [0, 0.1) is 0 Å². The third-order valence-corrected chi connectivity index (χ3v) is 2.10. The molecule has 1 fully saturated rings. The Hall–Kier alpha value is -0.120. The van der Waals surface area contributed by atoms with Crippen molar-refractivity contribution >= 4 is 0 Å². The number of ether oxygens (including phenoxy) is 1. The minimum atomic E-state index is 0.123. The summed E-state index contributed by atoms with van der Waals surface area (Å²) >= 11 is 0. The van der Waals surface area contributed by atoms with Gasteiger partial charge in [0, 0.05) is 13.0 Å². The quantitative estimate of drug-likeness (QED) is 0.630. The molecule has 66 valence electrons. The highest BCUT2D eigenvalue weighted by Gasteiger charge is 2.16. The lowest BCUT2D eigenvalue weighted by Gasteiger charge is -2.24. The van der Waals surface area contributed by atoms with Crippen molar-refractivity contribution in [2.75, 3.05) is 6.61 Å². The Morgan fingerprint density at radius 1 is 1.64 bits per heavy atom. The lowest BCUT2D eigenvalue weighted by molar-refractivity contribution is -0.0319. The van der Waals surface area contributed by atoms with Gasteiger partial charge in [0.1, 0.15) is 0 Å². The first-order valence-corrected chi connectivity index (χ1v) is 4.30. The van der Waals surface area contributed by atoms with Crippen LogP contribution in [0.1, 0.15) is 32.6 Å². The van der Waals surface area contributed by atoms with Crippen LogP contribution in [0.3, 0.4) is 0 Å². The van der Waals surface area contributed by atoms with Crippen LogP contribution in [0.2, 0.25) is 0 Å². The smallest absolute Gasteiger partial charge is 0.0784 e. The zero-order valence-corrected chi connectivity index (χ0v) is 7.08. The van der Waals surface area contributed by atoms with Gasteiger partial charge in [-0.05, 0) is 26.2 Å². The number of hydrogen-bond acceptors (Lipinski definition) is 3. The maximum atomic E-state index is 5.51. The first-order chi connectivity index (χ1) is 5.33. The van der Waals surface area contributed by atoms with Crippen molar-refractivity contribution in [3.05, 3.63) is 0 Å². The molecule has 2 unspecified atom stereocenters. The third-order valence-electron chi connectivity index (χ3n) is 2.10. The van der Waals surface area contributed by atoms with Gasteiger partial charge in [-0.3, -0.25) is 0 Å². The largest absolute Gasteiger partial charge is 0.378 e. The Labute approximate surface area is 67.8 Å². The normalized spacial score (nSPS) is 28.4. The summed E-state index contributed by atoms with van der Waals surface area (Å²) in [6.45, 7) is 2.87. The van der Waals surface area contributed by atoms with E-state index >= 15 is 0 Å². The monoisotopic (exact) mass is 159 g/mol. The Kier molecular flexibility index (Phi) is 3.83. The second kappa shape index (κ2) is 4.70. The fourth-order valence-electron chi connectivity index (χ4n) is 1.42. The molecule has 0 radical (unpaired) electrons. The molecule has 1 aliphatic rings. The van der Waals surface area contributed by atoms with Crippen molar-refractivity contribution < 1.29 is 9.57 Å². The lowest BCUT2D eigenvalue weighted by Crippen LogP contribution is -2.26. The molecule has 2 atom stereocenters. The minimum absolute atomic E-state index is 0.123. The van der Waals surface area contributed by atoms with Crippen molar-refractivity contribution in [2.45, 2.75) is 44.8 Å². The SMILES string of the molecule is CC(CC1CCCCO1)ON. The molecule has 11 heavy (non-hydrogen) atoms. The van der Waals surface area contributed by atoms with E-state index in [1.165, 1.54) is 12.8 Å². The molecule has 1 aliphatic heterocycles. The van der Waals surface area contributed by atoms with E-state index in [9.17, 15) is 0 Å². The van der Waals surface area contributed by atoms with E-state index in [4.69, 9.17) is 10.6 Å². The molecule has 3 nitrogen and oxygen atoms in total. The van der Waals surface area contributed by atoms with E-state index in [0.29, 0.717) is 6.10 Å². The molecule has 3 heteroatoms. The molecule has 0 aromatic rings. The van der Waals surface area contributed by atoms with Crippen molar-refractivity contribution in [3.63, 3.8) is 0 Å². The molecule has 2 N–H and O–H groups in total. The van der Waals surface area contributed by atoms with Gasteiger partial charge in [-0.2, -0.15) is 0 Å². The van der Waals surface area contributed by atoms with E-state index in [1.54, 1.807) is 0 Å². The number of nitrogens with two attached hydrogens (primary N) is 1. The standard InChI is InChI=1S/C8H17NO2/c1-7(11-9)6-8-4-2-3-5-10-8/h7-8H,2-6,9H2,1H3. The Bertz CT molecular complexity index is 102. The molecular formula is C8H17NO2. The minimum Gasteiger partial charge on any atom is -0.378 e. The highest BCUT2D eigenvalue weighted by atomic mass is 16.6. The lowest BCUT2D eigenvalue weighted by atomic mass is 10.0. The summed E-state index contributed by atoms with van der Waals surface area (Å²) in [5, 5.41) is 0.